The molecule has 0 aromatic carbocycles. The molecule has 0 aromatic rings. The minimum atomic E-state index is -0.0879. The Morgan fingerprint density at radius 3 is 2.53 bits per heavy atom. The molecule has 0 bridgehead atoms. The van der Waals surface area contributed by atoms with E-state index in [-0.39, 0.29) is 6.10 Å². The zero-order chi connectivity index (χ0) is 10.9. The summed E-state index contributed by atoms with van der Waals surface area (Å²) in [7, 11) is 0. The van der Waals surface area contributed by atoms with E-state index in [0.717, 1.165) is 12.8 Å². The van der Waals surface area contributed by atoms with Crippen LogP contribution in [0.15, 0.2) is 0 Å². The highest BCUT2D eigenvalue weighted by molar-refractivity contribution is 4.89. The number of nitrogens with one attached hydrogen (secondary N) is 1. The molecule has 15 heavy (non-hydrogen) atoms. The van der Waals surface area contributed by atoms with Gasteiger partial charge in [-0.15, -0.1) is 0 Å². The number of aliphatic hydroxyl groups is 1. The van der Waals surface area contributed by atoms with E-state index in [9.17, 15) is 5.11 Å². The Morgan fingerprint density at radius 2 is 1.93 bits per heavy atom. The minimum absolute atomic E-state index is 0.0879. The molecule has 2 aliphatic rings. The monoisotopic (exact) mass is 211 g/mol. The maximum atomic E-state index is 9.79. The van der Waals surface area contributed by atoms with Crippen LogP contribution in [0.5, 0.6) is 0 Å². The van der Waals surface area contributed by atoms with Gasteiger partial charge in [0.2, 0.25) is 0 Å². The molecule has 2 fully saturated rings. The van der Waals surface area contributed by atoms with Crippen LogP contribution in [0.25, 0.3) is 0 Å². The quantitative estimate of drug-likeness (QED) is 0.735. The molecule has 0 heterocycles. The molecule has 2 heteroatoms. The SMILES string of the molecule is CC1(C)CCCC(N[C@@H]2CCC[C@H]2O)C1. The third kappa shape index (κ3) is 2.94. The first kappa shape index (κ1) is 11.4. The molecule has 88 valence electrons. The second kappa shape index (κ2) is 4.42. The van der Waals surface area contributed by atoms with Crippen LogP contribution >= 0.6 is 0 Å². The van der Waals surface area contributed by atoms with Crippen LogP contribution in [0.4, 0.5) is 0 Å². The average molecular weight is 211 g/mol. The zero-order valence-electron chi connectivity index (χ0n) is 10.1. The van der Waals surface area contributed by atoms with Crippen LogP contribution in [0.3, 0.4) is 0 Å². The molecule has 2 rings (SSSR count). The molecular weight excluding hydrogens is 186 g/mol. The van der Waals surface area contributed by atoms with Gasteiger partial charge in [0, 0.05) is 12.1 Å². The predicted molar refractivity (Wildman–Crippen MR) is 62.8 cm³/mol. The molecule has 0 radical (unpaired) electrons. The predicted octanol–water partition coefficient (Wildman–Crippen LogP) is 2.46. The van der Waals surface area contributed by atoms with Crippen molar-refractivity contribution in [2.24, 2.45) is 5.41 Å². The summed E-state index contributed by atoms with van der Waals surface area (Å²) >= 11 is 0. The standard InChI is InChI=1S/C13H25NO/c1-13(2)8-4-5-10(9-13)14-11-6-3-7-12(11)15/h10-12,14-15H,3-9H2,1-2H3/t10?,11-,12-/m1/s1. The van der Waals surface area contributed by atoms with Crippen LogP contribution in [0.2, 0.25) is 0 Å². The summed E-state index contributed by atoms with van der Waals surface area (Å²) in [5.41, 5.74) is 0.499. The highest BCUT2D eigenvalue weighted by Crippen LogP contribution is 2.35. The van der Waals surface area contributed by atoms with Gasteiger partial charge in [-0.2, -0.15) is 0 Å². The third-order valence-corrected chi connectivity index (χ3v) is 4.13. The first-order valence-corrected chi connectivity index (χ1v) is 6.51. The maximum absolute atomic E-state index is 9.79. The Hall–Kier alpha value is -0.0800. The summed E-state index contributed by atoms with van der Waals surface area (Å²) in [4.78, 5) is 0. The highest BCUT2D eigenvalue weighted by atomic mass is 16.3. The second-order valence-electron chi connectivity index (χ2n) is 6.23. The molecule has 2 aliphatic carbocycles. The lowest BCUT2D eigenvalue weighted by Gasteiger charge is -2.37. The van der Waals surface area contributed by atoms with Crippen molar-refractivity contribution in [3.05, 3.63) is 0 Å². The lowest BCUT2D eigenvalue weighted by Crippen LogP contribution is -2.45. The molecule has 3 atom stereocenters. The summed E-state index contributed by atoms with van der Waals surface area (Å²) in [5, 5.41) is 13.5. The molecular formula is C13H25NO. The van der Waals surface area contributed by atoms with Gasteiger partial charge < -0.3 is 10.4 Å². The van der Waals surface area contributed by atoms with Gasteiger partial charge >= 0.3 is 0 Å². The molecule has 1 unspecified atom stereocenters. The van der Waals surface area contributed by atoms with E-state index < -0.39 is 0 Å². The van der Waals surface area contributed by atoms with E-state index >= 15 is 0 Å². The van der Waals surface area contributed by atoms with Gasteiger partial charge in [-0.1, -0.05) is 20.3 Å². The Labute approximate surface area is 93.5 Å². The molecule has 2 N–H and O–H groups in total. The number of rotatable bonds is 2. The van der Waals surface area contributed by atoms with Gasteiger partial charge in [0.15, 0.2) is 0 Å². The van der Waals surface area contributed by atoms with Crippen LogP contribution in [0.1, 0.15) is 58.8 Å². The van der Waals surface area contributed by atoms with Gasteiger partial charge in [0.25, 0.3) is 0 Å². The molecule has 2 saturated carbocycles. The lowest BCUT2D eigenvalue weighted by molar-refractivity contribution is 0.122. The van der Waals surface area contributed by atoms with Crippen LogP contribution in [0, 0.1) is 5.41 Å². The Kier molecular flexibility index (Phi) is 3.36. The van der Waals surface area contributed by atoms with Crippen molar-refractivity contribution in [2.75, 3.05) is 0 Å². The smallest absolute Gasteiger partial charge is 0.0693 e. The van der Waals surface area contributed by atoms with Gasteiger partial charge in [-0.3, -0.25) is 0 Å². The van der Waals surface area contributed by atoms with Crippen molar-refractivity contribution in [3.8, 4) is 0 Å². The zero-order valence-corrected chi connectivity index (χ0v) is 10.1. The first-order valence-electron chi connectivity index (χ1n) is 6.51. The van der Waals surface area contributed by atoms with E-state index in [1.807, 2.05) is 0 Å². The number of aliphatic hydroxyl groups excluding tert-OH is 1. The van der Waals surface area contributed by atoms with Crippen molar-refractivity contribution in [1.29, 1.82) is 0 Å². The van der Waals surface area contributed by atoms with Gasteiger partial charge in [0.1, 0.15) is 0 Å². The topological polar surface area (TPSA) is 32.3 Å². The summed E-state index contributed by atoms with van der Waals surface area (Å²) in [5.74, 6) is 0. The fraction of sp³-hybridized carbons (Fsp3) is 1.00. The number of hydrogen-bond donors (Lipinski definition) is 2. The van der Waals surface area contributed by atoms with Gasteiger partial charge in [-0.05, 0) is 43.9 Å². The maximum Gasteiger partial charge on any atom is 0.0693 e. The average Bonchev–Trinajstić information content (AvgIpc) is 2.50. The van der Waals surface area contributed by atoms with E-state index in [0.29, 0.717) is 17.5 Å². The summed E-state index contributed by atoms with van der Waals surface area (Å²) < 4.78 is 0. The second-order valence-corrected chi connectivity index (χ2v) is 6.23. The number of hydrogen-bond acceptors (Lipinski definition) is 2. The van der Waals surface area contributed by atoms with E-state index in [4.69, 9.17) is 0 Å². The first-order chi connectivity index (χ1) is 7.07. The van der Waals surface area contributed by atoms with Crippen LogP contribution < -0.4 is 5.32 Å². The summed E-state index contributed by atoms with van der Waals surface area (Å²) in [6, 6.07) is 1.02. The van der Waals surface area contributed by atoms with Crippen LogP contribution in [-0.2, 0) is 0 Å². The minimum Gasteiger partial charge on any atom is -0.392 e. The Morgan fingerprint density at radius 1 is 1.13 bits per heavy atom. The molecule has 2 nitrogen and oxygen atoms in total. The molecule has 0 saturated heterocycles. The summed E-state index contributed by atoms with van der Waals surface area (Å²) in [6.45, 7) is 4.73. The fourth-order valence-electron chi connectivity index (χ4n) is 3.28. The fourth-order valence-corrected chi connectivity index (χ4v) is 3.28. The highest BCUT2D eigenvalue weighted by Gasteiger charge is 2.32. The summed E-state index contributed by atoms with van der Waals surface area (Å²) in [6.07, 6.45) is 8.53. The van der Waals surface area contributed by atoms with Crippen molar-refractivity contribution in [1.82, 2.24) is 5.32 Å². The van der Waals surface area contributed by atoms with Crippen molar-refractivity contribution in [2.45, 2.75) is 77.0 Å². The van der Waals surface area contributed by atoms with E-state index in [2.05, 4.69) is 19.2 Å². The van der Waals surface area contributed by atoms with E-state index in [1.54, 1.807) is 0 Å². The van der Waals surface area contributed by atoms with E-state index in [1.165, 1.54) is 32.1 Å². The molecule has 0 amide bonds. The Bertz CT molecular complexity index is 215. The normalized spacial score (nSPS) is 40.6. The lowest BCUT2D eigenvalue weighted by atomic mass is 9.75. The molecule has 0 spiro atoms. The van der Waals surface area contributed by atoms with Gasteiger partial charge in [-0.25, -0.2) is 0 Å². The van der Waals surface area contributed by atoms with Crippen molar-refractivity contribution >= 4 is 0 Å². The molecule has 0 aliphatic heterocycles. The third-order valence-electron chi connectivity index (χ3n) is 4.13. The van der Waals surface area contributed by atoms with Crippen molar-refractivity contribution < 1.29 is 5.11 Å². The molecule has 0 aromatic heterocycles. The Balaban J connectivity index is 1.83. The largest absolute Gasteiger partial charge is 0.392 e. The van der Waals surface area contributed by atoms with Crippen molar-refractivity contribution in [3.63, 3.8) is 0 Å². The van der Waals surface area contributed by atoms with Gasteiger partial charge in [0.05, 0.1) is 6.10 Å². The van der Waals surface area contributed by atoms with Crippen LogP contribution in [-0.4, -0.2) is 23.3 Å².